The summed E-state index contributed by atoms with van der Waals surface area (Å²) in [6, 6.07) is 11.8. The summed E-state index contributed by atoms with van der Waals surface area (Å²) >= 11 is 0. The van der Waals surface area contributed by atoms with E-state index in [0.29, 0.717) is 5.69 Å². The number of fused-ring (bicyclic) bond motifs is 2. The number of aryl methyl sites for hydroxylation is 2. The van der Waals surface area contributed by atoms with E-state index in [1.165, 1.54) is 13.0 Å². The van der Waals surface area contributed by atoms with Gasteiger partial charge < -0.3 is 4.42 Å². The van der Waals surface area contributed by atoms with Gasteiger partial charge in [-0.3, -0.25) is 0 Å². The summed E-state index contributed by atoms with van der Waals surface area (Å²) in [6.07, 6.45) is -4.58. The van der Waals surface area contributed by atoms with Crippen LogP contribution in [0.3, 0.4) is 0 Å². The lowest BCUT2D eigenvalue weighted by molar-refractivity contribution is -0.142. The molecule has 7 nitrogen and oxygen atoms in total. The standard InChI is InChI=1S/C20H13F3N6O/c1-10-3-5-13-12(7-10)4-6-14(25-13)18-26-27-19(30-18)15-9-17-24-11(2)8-16(20(21,22)23)29(17)28-15/h3-9H,1-2H3. The van der Waals surface area contributed by atoms with Gasteiger partial charge in [0.05, 0.1) is 5.52 Å². The van der Waals surface area contributed by atoms with Crippen LogP contribution in [0.25, 0.3) is 39.7 Å². The van der Waals surface area contributed by atoms with Gasteiger partial charge in [-0.1, -0.05) is 17.7 Å². The first-order valence-electron chi connectivity index (χ1n) is 8.94. The van der Waals surface area contributed by atoms with Crippen molar-refractivity contribution >= 4 is 16.6 Å². The number of nitrogens with zero attached hydrogens (tertiary/aromatic N) is 6. The summed E-state index contributed by atoms with van der Waals surface area (Å²) in [7, 11) is 0. The van der Waals surface area contributed by atoms with E-state index in [2.05, 4.69) is 25.3 Å². The van der Waals surface area contributed by atoms with Crippen LogP contribution in [0.15, 0.2) is 46.9 Å². The molecule has 10 heteroatoms. The third-order valence-electron chi connectivity index (χ3n) is 4.55. The Bertz CT molecular complexity index is 1420. The summed E-state index contributed by atoms with van der Waals surface area (Å²) in [5, 5.41) is 12.8. The molecule has 0 saturated carbocycles. The van der Waals surface area contributed by atoms with Crippen LogP contribution >= 0.6 is 0 Å². The van der Waals surface area contributed by atoms with E-state index in [1.807, 2.05) is 31.2 Å². The van der Waals surface area contributed by atoms with E-state index < -0.39 is 11.9 Å². The summed E-state index contributed by atoms with van der Waals surface area (Å²) in [6.45, 7) is 3.48. The highest BCUT2D eigenvalue weighted by Gasteiger charge is 2.35. The predicted octanol–water partition coefficient (Wildman–Crippen LogP) is 4.63. The molecule has 0 N–H and O–H groups in total. The Morgan fingerprint density at radius 3 is 2.40 bits per heavy atom. The second-order valence-electron chi connectivity index (χ2n) is 6.89. The molecule has 0 amide bonds. The molecule has 0 aliphatic carbocycles. The summed E-state index contributed by atoms with van der Waals surface area (Å²) in [5.41, 5.74) is 1.76. The van der Waals surface area contributed by atoms with Gasteiger partial charge in [-0.15, -0.1) is 10.2 Å². The molecule has 4 aromatic heterocycles. The van der Waals surface area contributed by atoms with Gasteiger partial charge in [-0.2, -0.15) is 18.3 Å². The molecule has 0 radical (unpaired) electrons. The fourth-order valence-corrected chi connectivity index (χ4v) is 3.20. The van der Waals surface area contributed by atoms with Crippen LogP contribution in [-0.2, 0) is 6.18 Å². The molecular formula is C20H13F3N6O. The number of alkyl halides is 3. The highest BCUT2D eigenvalue weighted by Crippen LogP contribution is 2.31. The van der Waals surface area contributed by atoms with Crippen LogP contribution in [0.1, 0.15) is 17.0 Å². The summed E-state index contributed by atoms with van der Waals surface area (Å²) in [4.78, 5) is 8.61. The third-order valence-corrected chi connectivity index (χ3v) is 4.55. The number of rotatable bonds is 2. The fraction of sp³-hybridized carbons (Fsp3) is 0.150. The quantitative estimate of drug-likeness (QED) is 0.422. The first-order valence-corrected chi connectivity index (χ1v) is 8.94. The monoisotopic (exact) mass is 410 g/mol. The minimum absolute atomic E-state index is 0.0212. The fourth-order valence-electron chi connectivity index (χ4n) is 3.20. The Labute approximate surface area is 167 Å². The molecule has 0 fully saturated rings. The molecule has 0 unspecified atom stereocenters. The van der Waals surface area contributed by atoms with Crippen molar-refractivity contribution in [1.82, 2.24) is 29.8 Å². The molecule has 0 saturated heterocycles. The van der Waals surface area contributed by atoms with Gasteiger partial charge in [0.1, 0.15) is 11.4 Å². The van der Waals surface area contributed by atoms with Crippen molar-refractivity contribution in [2.75, 3.05) is 0 Å². The van der Waals surface area contributed by atoms with E-state index >= 15 is 0 Å². The van der Waals surface area contributed by atoms with Crippen molar-refractivity contribution in [3.8, 4) is 23.2 Å². The first kappa shape index (κ1) is 18.2. The van der Waals surface area contributed by atoms with Crippen molar-refractivity contribution in [3.63, 3.8) is 0 Å². The molecular weight excluding hydrogens is 397 g/mol. The average Bonchev–Trinajstić information content (AvgIpc) is 3.33. The number of aromatic nitrogens is 6. The van der Waals surface area contributed by atoms with Crippen LogP contribution in [0.4, 0.5) is 13.2 Å². The van der Waals surface area contributed by atoms with E-state index in [9.17, 15) is 13.2 Å². The molecule has 0 spiro atoms. The highest BCUT2D eigenvalue weighted by molar-refractivity contribution is 5.81. The lowest BCUT2D eigenvalue weighted by Crippen LogP contribution is -2.13. The zero-order valence-corrected chi connectivity index (χ0v) is 15.8. The van der Waals surface area contributed by atoms with Crippen LogP contribution in [-0.4, -0.2) is 29.8 Å². The minimum atomic E-state index is -4.58. The maximum Gasteiger partial charge on any atom is 0.433 e. The Morgan fingerprint density at radius 1 is 0.867 bits per heavy atom. The second-order valence-corrected chi connectivity index (χ2v) is 6.89. The van der Waals surface area contributed by atoms with Crippen molar-refractivity contribution in [2.24, 2.45) is 0 Å². The molecule has 5 aromatic rings. The molecule has 0 aliphatic heterocycles. The van der Waals surface area contributed by atoms with Crippen molar-refractivity contribution < 1.29 is 17.6 Å². The maximum atomic E-state index is 13.3. The molecule has 4 heterocycles. The van der Waals surface area contributed by atoms with Gasteiger partial charge in [-0.05, 0) is 38.1 Å². The van der Waals surface area contributed by atoms with Crippen molar-refractivity contribution in [3.05, 3.63) is 59.4 Å². The van der Waals surface area contributed by atoms with Crippen LogP contribution in [0.2, 0.25) is 0 Å². The minimum Gasteiger partial charge on any atom is -0.413 e. The Morgan fingerprint density at radius 2 is 1.63 bits per heavy atom. The van der Waals surface area contributed by atoms with E-state index in [1.54, 1.807) is 6.07 Å². The highest BCUT2D eigenvalue weighted by atomic mass is 19.4. The largest absolute Gasteiger partial charge is 0.433 e. The van der Waals surface area contributed by atoms with Gasteiger partial charge >= 0.3 is 6.18 Å². The van der Waals surface area contributed by atoms with Crippen LogP contribution < -0.4 is 0 Å². The Kier molecular flexibility index (Phi) is 3.85. The topological polar surface area (TPSA) is 82.0 Å². The van der Waals surface area contributed by atoms with Gasteiger partial charge in [0.15, 0.2) is 11.3 Å². The van der Waals surface area contributed by atoms with E-state index in [0.717, 1.165) is 27.0 Å². The predicted molar refractivity (Wildman–Crippen MR) is 101 cm³/mol. The van der Waals surface area contributed by atoms with E-state index in [-0.39, 0.29) is 28.8 Å². The molecule has 1 aromatic carbocycles. The van der Waals surface area contributed by atoms with Gasteiger partial charge in [-0.25, -0.2) is 14.5 Å². The second kappa shape index (κ2) is 6.34. The number of benzene rings is 1. The SMILES string of the molecule is Cc1ccc2nc(-c3nnc(-c4cc5nc(C)cc(C(F)(F)F)n5n4)o3)ccc2c1. The summed E-state index contributed by atoms with van der Waals surface area (Å²) in [5.74, 6) is 0.122. The molecule has 5 rings (SSSR count). The number of hydrogen-bond acceptors (Lipinski definition) is 6. The van der Waals surface area contributed by atoms with Crippen molar-refractivity contribution in [1.29, 1.82) is 0 Å². The average molecular weight is 410 g/mol. The molecule has 0 atom stereocenters. The molecule has 30 heavy (non-hydrogen) atoms. The first-order chi connectivity index (χ1) is 14.3. The third kappa shape index (κ3) is 3.06. The van der Waals surface area contributed by atoms with Crippen LogP contribution in [0.5, 0.6) is 0 Å². The van der Waals surface area contributed by atoms with E-state index in [4.69, 9.17) is 4.42 Å². The van der Waals surface area contributed by atoms with Gasteiger partial charge in [0.2, 0.25) is 0 Å². The van der Waals surface area contributed by atoms with Gasteiger partial charge in [0, 0.05) is 17.1 Å². The van der Waals surface area contributed by atoms with Crippen LogP contribution in [0, 0.1) is 13.8 Å². The van der Waals surface area contributed by atoms with Gasteiger partial charge in [0.25, 0.3) is 11.8 Å². The lowest BCUT2D eigenvalue weighted by atomic mass is 10.1. The lowest BCUT2D eigenvalue weighted by Gasteiger charge is -2.08. The molecule has 0 bridgehead atoms. The summed E-state index contributed by atoms with van der Waals surface area (Å²) < 4.78 is 46.4. The Balaban J connectivity index is 1.57. The Hall–Kier alpha value is -3.82. The molecule has 0 aliphatic rings. The zero-order valence-electron chi connectivity index (χ0n) is 15.8. The maximum absolute atomic E-state index is 13.3. The molecule has 150 valence electrons. The smallest absolute Gasteiger partial charge is 0.413 e. The van der Waals surface area contributed by atoms with Crippen molar-refractivity contribution in [2.45, 2.75) is 20.0 Å². The number of pyridine rings is 1. The zero-order chi connectivity index (χ0) is 21.0. The number of halogens is 3. The normalized spacial score (nSPS) is 12.2. The number of hydrogen-bond donors (Lipinski definition) is 0.